The van der Waals surface area contributed by atoms with Gasteiger partial charge in [0.2, 0.25) is 0 Å². The zero-order valence-corrected chi connectivity index (χ0v) is 11.4. The summed E-state index contributed by atoms with van der Waals surface area (Å²) in [5.74, 6) is -0.307. The molecule has 0 aliphatic carbocycles. The van der Waals surface area contributed by atoms with Crippen molar-refractivity contribution in [2.24, 2.45) is 5.92 Å². The summed E-state index contributed by atoms with van der Waals surface area (Å²) in [6.07, 6.45) is 0.517. The number of ether oxygens (including phenoxy) is 1. The van der Waals surface area contributed by atoms with Crippen LogP contribution >= 0.6 is 7.60 Å². The van der Waals surface area contributed by atoms with Gasteiger partial charge in [-0.3, -0.25) is 9.40 Å². The summed E-state index contributed by atoms with van der Waals surface area (Å²) in [6, 6.07) is 0. The van der Waals surface area contributed by atoms with Crippen molar-refractivity contribution in [3.63, 3.8) is 0 Å². The third-order valence-electron chi connectivity index (χ3n) is 3.05. The van der Waals surface area contributed by atoms with Crippen LogP contribution in [0.5, 0.6) is 0 Å². The molecule has 2 aliphatic rings. The molecule has 0 spiro atoms. The Hall–Kier alpha value is 0.0300. The van der Waals surface area contributed by atoms with Gasteiger partial charge in [0.1, 0.15) is 5.78 Å². The average molecular weight is 265 g/mol. The van der Waals surface area contributed by atoms with E-state index in [2.05, 4.69) is 0 Å². The lowest BCUT2D eigenvalue weighted by molar-refractivity contribution is -0.216. The fraction of sp³-hybridized carbons (Fsp3) is 1.00. The van der Waals surface area contributed by atoms with Crippen molar-refractivity contribution >= 4 is 7.60 Å². The zero-order valence-electron chi connectivity index (χ0n) is 10.5. The zero-order chi connectivity index (χ0) is 12.5. The van der Waals surface area contributed by atoms with Crippen LogP contribution in [0.4, 0.5) is 0 Å². The van der Waals surface area contributed by atoms with Gasteiger partial charge >= 0.3 is 7.60 Å². The van der Waals surface area contributed by atoms with Crippen LogP contribution in [0.15, 0.2) is 0 Å². The Morgan fingerprint density at radius 3 is 2.59 bits per heavy atom. The number of nitrogens with zero attached hydrogens (tertiary/aromatic N) is 1. The maximum Gasteiger partial charge on any atom is 0.350 e. The van der Waals surface area contributed by atoms with Crippen LogP contribution in [0.25, 0.3) is 0 Å². The van der Waals surface area contributed by atoms with E-state index in [-0.39, 0.29) is 18.0 Å². The molecule has 0 aromatic heterocycles. The Labute approximate surface area is 102 Å². The molecule has 0 saturated carbocycles. The van der Waals surface area contributed by atoms with Crippen LogP contribution in [-0.4, -0.2) is 44.0 Å². The van der Waals surface area contributed by atoms with E-state index in [1.807, 2.05) is 13.8 Å². The normalized spacial score (nSPS) is 34.2. The van der Waals surface area contributed by atoms with Gasteiger partial charge in [0.15, 0.2) is 6.29 Å². The first-order valence-corrected chi connectivity index (χ1v) is 7.63. The Morgan fingerprint density at radius 1 is 1.35 bits per heavy atom. The third kappa shape index (κ3) is 2.43. The second kappa shape index (κ2) is 5.34. The van der Waals surface area contributed by atoms with E-state index in [9.17, 15) is 4.57 Å². The van der Waals surface area contributed by atoms with Crippen molar-refractivity contribution in [1.29, 1.82) is 0 Å². The predicted octanol–water partition coefficient (Wildman–Crippen LogP) is 1.82. The maximum atomic E-state index is 12.7. The highest BCUT2D eigenvalue weighted by atomic mass is 31.2. The monoisotopic (exact) mass is 265 g/mol. The molecule has 0 amide bonds. The number of rotatable bonds is 5. The summed E-state index contributed by atoms with van der Waals surface area (Å²) in [7, 11) is -1.43. The lowest BCUT2D eigenvalue weighted by Gasteiger charge is -2.28. The Balaban J connectivity index is 2.19. The second-order valence-corrected chi connectivity index (χ2v) is 6.26. The number of fused-ring (bicyclic) bond motifs is 1. The molecule has 0 radical (unpaired) electrons. The van der Waals surface area contributed by atoms with Gasteiger partial charge in [-0.2, -0.15) is 5.06 Å². The third-order valence-corrected chi connectivity index (χ3v) is 5.64. The Bertz CT molecular complexity index is 303. The molecule has 2 heterocycles. The second-order valence-electron chi connectivity index (χ2n) is 4.13. The molecule has 7 heteroatoms. The average Bonchev–Trinajstić information content (AvgIpc) is 2.77. The highest BCUT2D eigenvalue weighted by Gasteiger charge is 2.55. The van der Waals surface area contributed by atoms with E-state index >= 15 is 0 Å². The van der Waals surface area contributed by atoms with Crippen LogP contribution in [-0.2, 0) is 23.2 Å². The van der Waals surface area contributed by atoms with Crippen molar-refractivity contribution in [1.82, 2.24) is 5.06 Å². The van der Waals surface area contributed by atoms with E-state index in [1.54, 1.807) is 12.1 Å². The number of hydrogen-bond donors (Lipinski definition) is 0. The first-order valence-electron chi connectivity index (χ1n) is 6.02. The van der Waals surface area contributed by atoms with Crippen molar-refractivity contribution in [2.75, 3.05) is 26.9 Å². The van der Waals surface area contributed by atoms with E-state index in [1.165, 1.54) is 0 Å². The van der Waals surface area contributed by atoms with Crippen molar-refractivity contribution in [3.8, 4) is 0 Å². The molecule has 2 fully saturated rings. The first kappa shape index (κ1) is 13.5. The smallest absolute Gasteiger partial charge is 0.350 e. The van der Waals surface area contributed by atoms with Gasteiger partial charge in [-0.15, -0.1) is 0 Å². The molecule has 3 atom stereocenters. The summed E-state index contributed by atoms with van der Waals surface area (Å²) >= 11 is 0. The Kier molecular flexibility index (Phi) is 4.23. The van der Waals surface area contributed by atoms with Gasteiger partial charge < -0.3 is 13.8 Å². The van der Waals surface area contributed by atoms with Crippen molar-refractivity contribution in [2.45, 2.75) is 32.3 Å². The van der Waals surface area contributed by atoms with Crippen LogP contribution in [0, 0.1) is 5.92 Å². The summed E-state index contributed by atoms with van der Waals surface area (Å²) in [6.45, 7) is 4.98. The predicted molar refractivity (Wildman–Crippen MR) is 61.3 cm³/mol. The molecule has 0 aromatic carbocycles. The molecule has 2 aliphatic heterocycles. The highest BCUT2D eigenvalue weighted by Crippen LogP contribution is 2.60. The largest absolute Gasteiger partial charge is 0.350 e. The molecule has 2 saturated heterocycles. The van der Waals surface area contributed by atoms with Crippen LogP contribution in [0.2, 0.25) is 0 Å². The fourth-order valence-electron chi connectivity index (χ4n) is 2.46. The molecule has 0 unspecified atom stereocenters. The van der Waals surface area contributed by atoms with Gasteiger partial charge in [-0.05, 0) is 20.3 Å². The summed E-state index contributed by atoms with van der Waals surface area (Å²) in [5, 5.41) is 1.57. The topological polar surface area (TPSA) is 57.2 Å². The quantitative estimate of drug-likeness (QED) is 0.707. The Morgan fingerprint density at radius 2 is 2.00 bits per heavy atom. The molecule has 0 aromatic rings. The minimum atomic E-state index is -3.17. The van der Waals surface area contributed by atoms with Crippen molar-refractivity contribution < 1.29 is 23.2 Å². The lowest BCUT2D eigenvalue weighted by atomic mass is 10.1. The first-order chi connectivity index (χ1) is 8.12. The molecule has 0 bridgehead atoms. The van der Waals surface area contributed by atoms with E-state index < -0.39 is 7.60 Å². The minimum Gasteiger partial charge on any atom is -0.350 e. The molecular formula is C10H20NO5P. The minimum absolute atomic E-state index is 0.0592. The van der Waals surface area contributed by atoms with Crippen LogP contribution in [0.1, 0.15) is 20.3 Å². The lowest BCUT2D eigenvalue weighted by Crippen LogP contribution is -2.30. The highest BCUT2D eigenvalue weighted by molar-refractivity contribution is 7.54. The van der Waals surface area contributed by atoms with Gasteiger partial charge in [-0.25, -0.2) is 0 Å². The summed E-state index contributed by atoms with van der Waals surface area (Å²) in [5.41, 5.74) is 0. The molecule has 6 nitrogen and oxygen atoms in total. The van der Waals surface area contributed by atoms with E-state index in [4.69, 9.17) is 18.6 Å². The van der Waals surface area contributed by atoms with Crippen LogP contribution in [0.3, 0.4) is 0 Å². The maximum absolute atomic E-state index is 12.7. The van der Waals surface area contributed by atoms with E-state index in [0.29, 0.717) is 19.8 Å². The van der Waals surface area contributed by atoms with Crippen molar-refractivity contribution in [3.05, 3.63) is 0 Å². The molecule has 0 N–H and O–H groups in total. The number of hydroxylamine groups is 2. The number of hydrogen-bond acceptors (Lipinski definition) is 6. The summed E-state index contributed by atoms with van der Waals surface area (Å²) in [4.78, 5) is 5.52. The SMILES string of the molecule is CCOP(=O)(OCC)[C@@H]1[C@H]2CCO[C@H]2ON1C. The standard InChI is InChI=1S/C10H20NO5P/c1-4-14-17(12,15-5-2)9-8-6-7-13-10(8)16-11(9)3/h8-10H,4-7H2,1-3H3/t8-,9-,10+/m1/s1. The summed E-state index contributed by atoms with van der Waals surface area (Å²) < 4.78 is 29.0. The molecule has 100 valence electrons. The van der Waals surface area contributed by atoms with Gasteiger partial charge in [0.05, 0.1) is 19.8 Å². The fourth-order valence-corrected chi connectivity index (χ4v) is 4.77. The van der Waals surface area contributed by atoms with Gasteiger partial charge in [0, 0.05) is 13.0 Å². The molecule has 2 rings (SSSR count). The molecular weight excluding hydrogens is 245 g/mol. The molecule has 17 heavy (non-hydrogen) atoms. The van der Waals surface area contributed by atoms with E-state index in [0.717, 1.165) is 6.42 Å². The van der Waals surface area contributed by atoms with Gasteiger partial charge in [0.25, 0.3) is 0 Å². The van der Waals surface area contributed by atoms with Crippen LogP contribution < -0.4 is 0 Å². The van der Waals surface area contributed by atoms with Gasteiger partial charge in [-0.1, -0.05) is 0 Å².